The van der Waals surface area contributed by atoms with Gasteiger partial charge in [0, 0.05) is 31.7 Å². The molecule has 0 bridgehead atoms. The lowest BCUT2D eigenvalue weighted by Gasteiger charge is -2.33. The number of aromatic hydroxyl groups is 1. The molecule has 1 aromatic rings. The summed E-state index contributed by atoms with van der Waals surface area (Å²) in [6.07, 6.45) is 1.76. The minimum Gasteiger partial charge on any atom is -0.505 e. The van der Waals surface area contributed by atoms with Gasteiger partial charge in [0.1, 0.15) is 0 Å². The molecule has 1 fully saturated rings. The van der Waals surface area contributed by atoms with Crippen molar-refractivity contribution in [1.82, 2.24) is 10.2 Å². The molecule has 0 aliphatic carbocycles. The van der Waals surface area contributed by atoms with Crippen molar-refractivity contribution in [2.24, 2.45) is 0 Å². The summed E-state index contributed by atoms with van der Waals surface area (Å²) in [6, 6.07) is 3.34. The van der Waals surface area contributed by atoms with Gasteiger partial charge in [-0.3, -0.25) is 4.90 Å². The zero-order chi connectivity index (χ0) is 13.1. The number of aryl methyl sites for hydroxylation is 1. The molecule has 0 amide bonds. The van der Waals surface area contributed by atoms with E-state index in [0.717, 1.165) is 26.2 Å². The molecule has 2 rings (SSSR count). The first-order chi connectivity index (χ1) is 8.65. The molecule has 1 aliphatic heterocycles. The molecule has 0 radical (unpaired) electrons. The van der Waals surface area contributed by atoms with Crippen LogP contribution in [0.15, 0.2) is 24.8 Å². The van der Waals surface area contributed by atoms with Gasteiger partial charge >= 0.3 is 0 Å². The second-order valence-corrected chi connectivity index (χ2v) is 4.60. The van der Waals surface area contributed by atoms with Gasteiger partial charge in [-0.25, -0.2) is 4.39 Å². The Morgan fingerprint density at radius 3 is 2.50 bits per heavy atom. The standard InChI is InChI=1S/C14H19FN2O.2ClH/c1-3-12(17-8-6-16-7-9-17)11-5-4-10(2)13(15)14(11)18;;/h3-5,12,16,18H,1,6-9H2,2H3;2*1H/t12-;;/m0../s1. The molecule has 1 atom stereocenters. The highest BCUT2D eigenvalue weighted by Crippen LogP contribution is 2.33. The van der Waals surface area contributed by atoms with E-state index in [2.05, 4.69) is 16.8 Å². The molecule has 114 valence electrons. The van der Waals surface area contributed by atoms with E-state index in [-0.39, 0.29) is 36.6 Å². The van der Waals surface area contributed by atoms with Crippen molar-refractivity contribution in [3.63, 3.8) is 0 Å². The van der Waals surface area contributed by atoms with Crippen LogP contribution in [0.5, 0.6) is 5.75 Å². The zero-order valence-corrected chi connectivity index (χ0v) is 13.1. The van der Waals surface area contributed by atoms with Crippen LogP contribution in [0.25, 0.3) is 0 Å². The fourth-order valence-electron chi connectivity index (χ4n) is 2.35. The average molecular weight is 323 g/mol. The number of rotatable bonds is 3. The molecule has 1 saturated heterocycles. The van der Waals surface area contributed by atoms with Crippen LogP contribution in [0.3, 0.4) is 0 Å². The summed E-state index contributed by atoms with van der Waals surface area (Å²) >= 11 is 0. The second kappa shape index (κ2) is 8.47. The summed E-state index contributed by atoms with van der Waals surface area (Å²) in [4.78, 5) is 2.19. The highest BCUT2D eigenvalue weighted by Gasteiger charge is 2.23. The topological polar surface area (TPSA) is 35.5 Å². The van der Waals surface area contributed by atoms with Crippen molar-refractivity contribution in [3.05, 3.63) is 41.7 Å². The normalized spacial score (nSPS) is 16.7. The first-order valence-electron chi connectivity index (χ1n) is 6.20. The molecular formula is C14H21Cl2FN2O. The van der Waals surface area contributed by atoms with Crippen LogP contribution < -0.4 is 5.32 Å². The summed E-state index contributed by atoms with van der Waals surface area (Å²) < 4.78 is 13.7. The summed E-state index contributed by atoms with van der Waals surface area (Å²) in [6.45, 7) is 8.99. The van der Waals surface area contributed by atoms with Crippen molar-refractivity contribution in [2.75, 3.05) is 26.2 Å². The Morgan fingerprint density at radius 2 is 1.95 bits per heavy atom. The number of phenolic OH excluding ortho intramolecular Hbond substituents is 1. The molecule has 0 aromatic heterocycles. The van der Waals surface area contributed by atoms with E-state index in [1.165, 1.54) is 0 Å². The Balaban J connectivity index is 0.00000180. The van der Waals surface area contributed by atoms with Gasteiger partial charge in [-0.2, -0.15) is 0 Å². The SMILES string of the molecule is C=C[C@@H](c1ccc(C)c(F)c1O)N1CCNCC1.Cl.Cl. The third-order valence-electron chi connectivity index (χ3n) is 3.43. The van der Waals surface area contributed by atoms with Gasteiger partial charge < -0.3 is 10.4 Å². The maximum absolute atomic E-state index is 13.7. The molecule has 3 nitrogen and oxygen atoms in total. The number of piperazine rings is 1. The molecule has 2 N–H and O–H groups in total. The molecule has 20 heavy (non-hydrogen) atoms. The van der Waals surface area contributed by atoms with Gasteiger partial charge in [-0.15, -0.1) is 31.4 Å². The van der Waals surface area contributed by atoms with Crippen LogP contribution in [0, 0.1) is 12.7 Å². The van der Waals surface area contributed by atoms with E-state index < -0.39 is 5.82 Å². The van der Waals surface area contributed by atoms with E-state index >= 15 is 0 Å². The quantitative estimate of drug-likeness (QED) is 0.840. The molecule has 1 aliphatic rings. The predicted octanol–water partition coefficient (Wildman–Crippen LogP) is 2.82. The number of benzene rings is 1. The van der Waals surface area contributed by atoms with Gasteiger partial charge in [0.05, 0.1) is 6.04 Å². The van der Waals surface area contributed by atoms with E-state index in [9.17, 15) is 9.50 Å². The van der Waals surface area contributed by atoms with Crippen molar-refractivity contribution >= 4 is 24.8 Å². The lowest BCUT2D eigenvalue weighted by atomic mass is 10.0. The third kappa shape index (κ3) is 3.85. The molecular weight excluding hydrogens is 302 g/mol. The fraction of sp³-hybridized carbons (Fsp3) is 0.429. The molecule has 1 heterocycles. The molecule has 0 saturated carbocycles. The minimum absolute atomic E-state index is 0. The van der Waals surface area contributed by atoms with Gasteiger partial charge in [0.25, 0.3) is 0 Å². The van der Waals surface area contributed by atoms with E-state index in [0.29, 0.717) is 11.1 Å². The van der Waals surface area contributed by atoms with Crippen LogP contribution in [-0.4, -0.2) is 36.2 Å². The summed E-state index contributed by atoms with van der Waals surface area (Å²) in [5.74, 6) is -0.784. The highest BCUT2D eigenvalue weighted by atomic mass is 35.5. The van der Waals surface area contributed by atoms with Gasteiger partial charge in [0.15, 0.2) is 11.6 Å². The number of hydrogen-bond acceptors (Lipinski definition) is 3. The first-order valence-corrected chi connectivity index (χ1v) is 6.20. The average Bonchev–Trinajstić information content (AvgIpc) is 2.41. The Bertz CT molecular complexity index is 451. The van der Waals surface area contributed by atoms with Crippen LogP contribution in [-0.2, 0) is 0 Å². The van der Waals surface area contributed by atoms with Crippen molar-refractivity contribution in [1.29, 1.82) is 0 Å². The van der Waals surface area contributed by atoms with E-state index in [4.69, 9.17) is 0 Å². The second-order valence-electron chi connectivity index (χ2n) is 4.60. The van der Waals surface area contributed by atoms with E-state index in [1.807, 2.05) is 0 Å². The molecule has 0 spiro atoms. The highest BCUT2D eigenvalue weighted by molar-refractivity contribution is 5.85. The Kier molecular flexibility index (Phi) is 8.13. The van der Waals surface area contributed by atoms with Crippen LogP contribution in [0.4, 0.5) is 4.39 Å². The number of hydrogen-bond donors (Lipinski definition) is 2. The minimum atomic E-state index is -0.533. The fourth-order valence-corrected chi connectivity index (χ4v) is 2.35. The maximum Gasteiger partial charge on any atom is 0.168 e. The molecule has 1 aromatic carbocycles. The van der Waals surface area contributed by atoms with Gasteiger partial charge in [-0.1, -0.05) is 18.2 Å². The maximum atomic E-state index is 13.7. The number of halogens is 3. The molecule has 0 unspecified atom stereocenters. The lowest BCUT2D eigenvalue weighted by molar-refractivity contribution is 0.200. The van der Waals surface area contributed by atoms with Crippen LogP contribution in [0.2, 0.25) is 0 Å². The number of nitrogens with one attached hydrogen (secondary N) is 1. The van der Waals surface area contributed by atoms with Crippen molar-refractivity contribution < 1.29 is 9.50 Å². The number of phenols is 1. The Labute approximate surface area is 131 Å². The van der Waals surface area contributed by atoms with E-state index in [1.54, 1.807) is 25.1 Å². The zero-order valence-electron chi connectivity index (χ0n) is 11.4. The summed E-state index contributed by atoms with van der Waals surface area (Å²) in [5, 5.41) is 13.2. The smallest absolute Gasteiger partial charge is 0.168 e. The van der Waals surface area contributed by atoms with Crippen LogP contribution >= 0.6 is 24.8 Å². The molecule has 6 heteroatoms. The van der Waals surface area contributed by atoms with Crippen LogP contribution in [0.1, 0.15) is 17.2 Å². The van der Waals surface area contributed by atoms with Gasteiger partial charge in [0.2, 0.25) is 0 Å². The van der Waals surface area contributed by atoms with Crippen molar-refractivity contribution in [2.45, 2.75) is 13.0 Å². The van der Waals surface area contributed by atoms with Gasteiger partial charge in [-0.05, 0) is 12.5 Å². The monoisotopic (exact) mass is 322 g/mol. The predicted molar refractivity (Wildman–Crippen MR) is 84.7 cm³/mol. The Hall–Kier alpha value is -0.810. The third-order valence-corrected chi connectivity index (χ3v) is 3.43. The summed E-state index contributed by atoms with van der Waals surface area (Å²) in [5.41, 5.74) is 1.05. The Morgan fingerprint density at radius 1 is 1.35 bits per heavy atom. The number of nitrogens with zero attached hydrogens (tertiary/aromatic N) is 1. The van der Waals surface area contributed by atoms with Crippen molar-refractivity contribution in [3.8, 4) is 5.75 Å². The first kappa shape index (κ1) is 19.2. The largest absolute Gasteiger partial charge is 0.505 e. The lowest BCUT2D eigenvalue weighted by Crippen LogP contribution is -2.44. The summed E-state index contributed by atoms with van der Waals surface area (Å²) in [7, 11) is 0.